The molecule has 0 aliphatic rings. The summed E-state index contributed by atoms with van der Waals surface area (Å²) in [5.41, 5.74) is 5.08. The molecule has 0 fully saturated rings. The Labute approximate surface area is 117 Å². The summed E-state index contributed by atoms with van der Waals surface area (Å²) in [6.45, 7) is 0. The van der Waals surface area contributed by atoms with Gasteiger partial charge >= 0.3 is 6.18 Å². The summed E-state index contributed by atoms with van der Waals surface area (Å²) in [5, 5.41) is 0.585. The molecule has 1 heterocycles. The molecule has 1 aromatic carbocycles. The van der Waals surface area contributed by atoms with Crippen molar-refractivity contribution in [3.8, 4) is 11.3 Å². The molecule has 0 bridgehead atoms. The van der Waals surface area contributed by atoms with Gasteiger partial charge in [-0.1, -0.05) is 23.2 Å². The van der Waals surface area contributed by atoms with Gasteiger partial charge in [0.05, 0.1) is 11.4 Å². The number of nitrogen functional groups attached to an aromatic ring is 1. The molecule has 0 saturated carbocycles. The van der Waals surface area contributed by atoms with Gasteiger partial charge in [0.2, 0.25) is 0 Å². The van der Waals surface area contributed by atoms with Crippen LogP contribution in [0.25, 0.3) is 11.3 Å². The van der Waals surface area contributed by atoms with E-state index in [4.69, 9.17) is 28.9 Å². The SMILES string of the molecule is Nc1ccc(C(F)(F)F)nc1-c1cc(Cl)cc(Cl)c1. The number of alkyl halides is 3. The van der Waals surface area contributed by atoms with Crippen molar-refractivity contribution in [2.45, 2.75) is 6.18 Å². The second-order valence-electron chi connectivity index (χ2n) is 3.79. The topological polar surface area (TPSA) is 38.9 Å². The van der Waals surface area contributed by atoms with Crippen LogP contribution < -0.4 is 5.73 Å². The van der Waals surface area contributed by atoms with E-state index in [1.807, 2.05) is 0 Å². The Hall–Kier alpha value is -1.46. The molecule has 2 nitrogen and oxygen atoms in total. The van der Waals surface area contributed by atoms with Crippen molar-refractivity contribution in [3.63, 3.8) is 0 Å². The lowest BCUT2D eigenvalue weighted by Gasteiger charge is -2.10. The van der Waals surface area contributed by atoms with Crippen molar-refractivity contribution in [2.75, 3.05) is 5.73 Å². The molecule has 100 valence electrons. The standard InChI is InChI=1S/C12H7Cl2F3N2/c13-7-3-6(4-8(14)5-7)11-9(18)1-2-10(19-11)12(15,16)17/h1-5H,18H2. The van der Waals surface area contributed by atoms with Gasteiger partial charge in [-0.3, -0.25) is 0 Å². The summed E-state index contributed by atoms with van der Waals surface area (Å²) in [6.07, 6.45) is -4.54. The summed E-state index contributed by atoms with van der Waals surface area (Å²) in [7, 11) is 0. The number of nitrogens with zero attached hydrogens (tertiary/aromatic N) is 1. The lowest BCUT2D eigenvalue weighted by atomic mass is 10.1. The Balaban J connectivity index is 2.61. The van der Waals surface area contributed by atoms with Crippen LogP contribution in [-0.2, 0) is 6.18 Å². The van der Waals surface area contributed by atoms with Crippen molar-refractivity contribution in [1.29, 1.82) is 0 Å². The first-order valence-electron chi connectivity index (χ1n) is 5.07. The van der Waals surface area contributed by atoms with Crippen LogP contribution in [0.4, 0.5) is 18.9 Å². The van der Waals surface area contributed by atoms with E-state index >= 15 is 0 Å². The molecule has 0 spiro atoms. The van der Waals surface area contributed by atoms with E-state index in [1.54, 1.807) is 0 Å². The fraction of sp³-hybridized carbons (Fsp3) is 0.0833. The van der Waals surface area contributed by atoms with Crippen molar-refractivity contribution >= 4 is 28.9 Å². The number of pyridine rings is 1. The second kappa shape index (κ2) is 4.90. The van der Waals surface area contributed by atoms with Gasteiger partial charge in [0.1, 0.15) is 5.69 Å². The Morgan fingerprint density at radius 1 is 1.00 bits per heavy atom. The zero-order chi connectivity index (χ0) is 14.2. The van der Waals surface area contributed by atoms with Crippen LogP contribution in [0.3, 0.4) is 0 Å². The van der Waals surface area contributed by atoms with Crippen LogP contribution in [-0.4, -0.2) is 4.98 Å². The number of anilines is 1. The van der Waals surface area contributed by atoms with Gasteiger partial charge in [-0.2, -0.15) is 13.2 Å². The van der Waals surface area contributed by atoms with Crippen LogP contribution in [0.1, 0.15) is 5.69 Å². The zero-order valence-electron chi connectivity index (χ0n) is 9.30. The first kappa shape index (κ1) is 14.0. The van der Waals surface area contributed by atoms with Gasteiger partial charge in [-0.15, -0.1) is 0 Å². The number of aromatic nitrogens is 1. The minimum atomic E-state index is -4.54. The van der Waals surface area contributed by atoms with E-state index < -0.39 is 11.9 Å². The minimum Gasteiger partial charge on any atom is -0.397 e. The fourth-order valence-corrected chi connectivity index (χ4v) is 2.08. The summed E-state index contributed by atoms with van der Waals surface area (Å²) in [4.78, 5) is 3.53. The maximum absolute atomic E-state index is 12.6. The Kier molecular flexibility index (Phi) is 3.60. The molecule has 19 heavy (non-hydrogen) atoms. The number of benzene rings is 1. The molecule has 0 aliphatic heterocycles. The van der Waals surface area contributed by atoms with E-state index in [2.05, 4.69) is 4.98 Å². The number of halogens is 5. The predicted octanol–water partition coefficient (Wildman–Crippen LogP) is 4.66. The van der Waals surface area contributed by atoms with Crippen LogP contribution in [0, 0.1) is 0 Å². The third kappa shape index (κ3) is 3.11. The second-order valence-corrected chi connectivity index (χ2v) is 4.66. The molecule has 0 unspecified atom stereocenters. The molecule has 0 saturated heterocycles. The highest BCUT2D eigenvalue weighted by molar-refractivity contribution is 6.35. The molecule has 0 amide bonds. The molecule has 1 aromatic heterocycles. The quantitative estimate of drug-likeness (QED) is 0.832. The molecule has 2 N–H and O–H groups in total. The maximum Gasteiger partial charge on any atom is 0.433 e. The van der Waals surface area contributed by atoms with Crippen LogP contribution in [0.2, 0.25) is 10.0 Å². The van der Waals surface area contributed by atoms with E-state index in [1.165, 1.54) is 18.2 Å². The van der Waals surface area contributed by atoms with Crippen molar-refractivity contribution < 1.29 is 13.2 Å². The average molecular weight is 307 g/mol. The fourth-order valence-electron chi connectivity index (χ4n) is 1.55. The average Bonchev–Trinajstić information content (AvgIpc) is 2.26. The normalized spacial score (nSPS) is 11.6. The summed E-state index contributed by atoms with van der Waals surface area (Å²) in [6, 6.07) is 6.35. The van der Waals surface area contributed by atoms with Crippen molar-refractivity contribution in [2.24, 2.45) is 0 Å². The number of nitrogens with two attached hydrogens (primary N) is 1. The summed E-state index contributed by atoms with van der Waals surface area (Å²) >= 11 is 11.6. The highest BCUT2D eigenvalue weighted by Crippen LogP contribution is 2.34. The Morgan fingerprint density at radius 3 is 2.11 bits per heavy atom. The van der Waals surface area contributed by atoms with Gasteiger partial charge in [0, 0.05) is 15.6 Å². The number of rotatable bonds is 1. The Morgan fingerprint density at radius 2 is 1.58 bits per heavy atom. The molecule has 2 rings (SSSR count). The number of hydrogen-bond donors (Lipinski definition) is 1. The monoisotopic (exact) mass is 306 g/mol. The van der Waals surface area contributed by atoms with Gasteiger partial charge < -0.3 is 5.73 Å². The van der Waals surface area contributed by atoms with Crippen molar-refractivity contribution in [1.82, 2.24) is 4.98 Å². The molecule has 2 aromatic rings. The predicted molar refractivity (Wildman–Crippen MR) is 69.1 cm³/mol. The van der Waals surface area contributed by atoms with Gasteiger partial charge in [-0.25, -0.2) is 4.98 Å². The maximum atomic E-state index is 12.6. The lowest BCUT2D eigenvalue weighted by Crippen LogP contribution is -2.09. The van der Waals surface area contributed by atoms with Crippen LogP contribution in [0.15, 0.2) is 30.3 Å². The van der Waals surface area contributed by atoms with Crippen LogP contribution >= 0.6 is 23.2 Å². The Bertz CT molecular complexity index is 607. The highest BCUT2D eigenvalue weighted by Gasteiger charge is 2.33. The largest absolute Gasteiger partial charge is 0.433 e. The first-order valence-corrected chi connectivity index (χ1v) is 5.83. The van der Waals surface area contributed by atoms with Gasteiger partial charge in [-0.05, 0) is 30.3 Å². The third-order valence-corrected chi connectivity index (χ3v) is 2.79. The smallest absolute Gasteiger partial charge is 0.397 e. The first-order chi connectivity index (χ1) is 8.77. The molecule has 0 radical (unpaired) electrons. The minimum absolute atomic E-state index is 0.000718. The molecular formula is C12H7Cl2F3N2. The van der Waals surface area contributed by atoms with Gasteiger partial charge in [0.15, 0.2) is 0 Å². The lowest BCUT2D eigenvalue weighted by molar-refractivity contribution is -0.141. The van der Waals surface area contributed by atoms with E-state index in [0.717, 1.165) is 12.1 Å². The highest BCUT2D eigenvalue weighted by atomic mass is 35.5. The van der Waals surface area contributed by atoms with Gasteiger partial charge in [0.25, 0.3) is 0 Å². The molecule has 7 heteroatoms. The van der Waals surface area contributed by atoms with E-state index in [0.29, 0.717) is 15.6 Å². The number of hydrogen-bond acceptors (Lipinski definition) is 2. The van der Waals surface area contributed by atoms with Crippen LogP contribution in [0.5, 0.6) is 0 Å². The zero-order valence-corrected chi connectivity index (χ0v) is 10.8. The molecule has 0 atom stereocenters. The summed E-state index contributed by atoms with van der Waals surface area (Å²) in [5.74, 6) is 0. The summed E-state index contributed by atoms with van der Waals surface area (Å²) < 4.78 is 37.9. The third-order valence-electron chi connectivity index (χ3n) is 2.35. The van der Waals surface area contributed by atoms with Crippen molar-refractivity contribution in [3.05, 3.63) is 46.1 Å². The molecular weight excluding hydrogens is 300 g/mol. The van der Waals surface area contributed by atoms with E-state index in [9.17, 15) is 13.2 Å². The molecule has 0 aliphatic carbocycles. The van der Waals surface area contributed by atoms with E-state index in [-0.39, 0.29) is 11.4 Å².